The second kappa shape index (κ2) is 23.6. The quantitative estimate of drug-likeness (QED) is 0.104. The van der Waals surface area contributed by atoms with Crippen molar-refractivity contribution in [3.8, 4) is 0 Å². The van der Waals surface area contributed by atoms with Crippen LogP contribution < -0.4 is 0 Å². The zero-order valence-corrected chi connectivity index (χ0v) is 47.6. The molecule has 82 heavy (non-hydrogen) atoms. The zero-order valence-electron chi connectivity index (χ0n) is 46.0. The van der Waals surface area contributed by atoms with Gasteiger partial charge in [-0.25, -0.2) is 33.6 Å². The van der Waals surface area contributed by atoms with Crippen molar-refractivity contribution in [2.45, 2.75) is 164 Å². The topological polar surface area (TPSA) is 333 Å². The molecule has 10 bridgehead atoms. The van der Waals surface area contributed by atoms with Crippen molar-refractivity contribution in [3.05, 3.63) is 48.6 Å². The molecule has 0 amide bonds. The molecule has 7 aliphatic heterocycles. The third-order valence-electron chi connectivity index (χ3n) is 17.5. The summed E-state index contributed by atoms with van der Waals surface area (Å²) in [7, 11) is -7.10. The van der Waals surface area contributed by atoms with Gasteiger partial charge in [0.15, 0.2) is 25.4 Å². The van der Waals surface area contributed by atoms with Gasteiger partial charge in [-0.3, -0.25) is 18.0 Å². The number of rotatable bonds is 14. The van der Waals surface area contributed by atoms with Crippen LogP contribution in [0.4, 0.5) is 0 Å². The van der Waals surface area contributed by atoms with Crippen LogP contribution in [0.3, 0.4) is 0 Å². The second-order valence-electron chi connectivity index (χ2n) is 23.5. The fraction of sp³-hybridized carbons (Fsp3) is 0.691. The lowest BCUT2D eigenvalue weighted by molar-refractivity contribution is -0.177. The maximum Gasteiger partial charge on any atom is 0.347 e. The number of cyclic esters (lactones) is 1. The molecule has 0 aromatic carbocycles. The molecular weight excluding hydrogens is 1120 g/mol. The van der Waals surface area contributed by atoms with E-state index in [-0.39, 0.29) is 88.0 Å². The summed E-state index contributed by atoms with van der Waals surface area (Å²) in [6.45, 7) is 20.9. The van der Waals surface area contributed by atoms with Crippen LogP contribution in [0.2, 0.25) is 0 Å². The average Bonchev–Trinajstić information content (AvgIpc) is 1.97. The number of carbonyl (C=O) groups excluding carboxylic acids is 9. The van der Waals surface area contributed by atoms with Gasteiger partial charge in [0.2, 0.25) is 0 Å². The lowest BCUT2D eigenvalue weighted by Gasteiger charge is -2.41. The van der Waals surface area contributed by atoms with Crippen molar-refractivity contribution in [1.82, 2.24) is 0 Å². The Labute approximate surface area is 473 Å². The molecule has 0 aromatic heterocycles. The Morgan fingerprint density at radius 2 is 1.15 bits per heavy atom. The van der Waals surface area contributed by atoms with Gasteiger partial charge in [-0.1, -0.05) is 26.3 Å². The number of ether oxygens (including phenoxy) is 10. The summed E-state index contributed by atoms with van der Waals surface area (Å²) < 4.78 is 109. The first kappa shape index (κ1) is 60.6. The molecule has 0 spiro atoms. The van der Waals surface area contributed by atoms with Crippen LogP contribution in [0.1, 0.15) is 92.4 Å². The van der Waals surface area contributed by atoms with E-state index < -0.39 is 129 Å². The standard InChI is InChI=1S/C16H20O6.C15H18O6.C13H16O8S.C11H14O5S/c1-8(2)15(18)20-7-13(17)22-14-10-3-9-4-11(6-10)16(19)21-12(14)5-9;1-7(2)14(17)20-6-12(16)21-11-4-8-3-9(11)13-10(8)5-19-15(13)18;1-5(2)12(14)18-6(3)13(15)20-9-7-4-8-10(19-7)11(9)21-22(8,16)17;1-5(2)11(12)15-9-6-3-7-8(4-6)17(13,14)16-10(7)9/h9-12,14H,1,3-7H2,2H3;8-11,13H,1,3-6H2,2H3;6-11H,1,4H2,2-3H3;6-10H,1,3-4H2,2H3. The van der Waals surface area contributed by atoms with E-state index in [4.69, 9.17) is 55.7 Å². The molecule has 0 radical (unpaired) electrons. The minimum Gasteiger partial charge on any atom is -0.465 e. The summed E-state index contributed by atoms with van der Waals surface area (Å²) >= 11 is 0. The highest BCUT2D eigenvalue weighted by Gasteiger charge is 2.68. The minimum atomic E-state index is -3.66. The molecule has 13 fully saturated rings. The second-order valence-corrected chi connectivity index (χ2v) is 27.1. The molecule has 13 rings (SSSR count). The first-order chi connectivity index (χ1) is 38.5. The highest BCUT2D eigenvalue weighted by Crippen LogP contribution is 2.57. The summed E-state index contributed by atoms with van der Waals surface area (Å²) in [6, 6.07) is 0. The van der Waals surface area contributed by atoms with E-state index in [1.54, 1.807) is 6.92 Å². The highest BCUT2D eigenvalue weighted by atomic mass is 32.2. The average molecular weight is 1190 g/mol. The van der Waals surface area contributed by atoms with Crippen molar-refractivity contribution in [2.75, 3.05) is 19.8 Å². The van der Waals surface area contributed by atoms with Crippen molar-refractivity contribution in [2.24, 2.45) is 53.3 Å². The van der Waals surface area contributed by atoms with Gasteiger partial charge in [-0.15, -0.1) is 0 Å². The molecule has 13 aliphatic rings. The zero-order chi connectivity index (χ0) is 59.6. The van der Waals surface area contributed by atoms with Gasteiger partial charge < -0.3 is 47.4 Å². The van der Waals surface area contributed by atoms with Gasteiger partial charge in [0, 0.05) is 51.9 Å². The molecule has 7 saturated heterocycles. The Morgan fingerprint density at radius 1 is 0.549 bits per heavy atom. The maximum absolute atomic E-state index is 12.0. The van der Waals surface area contributed by atoms with Crippen LogP contribution in [0.5, 0.6) is 0 Å². The first-order valence-electron chi connectivity index (χ1n) is 27.4. The van der Waals surface area contributed by atoms with Crippen LogP contribution in [-0.2, 0) is 119 Å². The summed E-state index contributed by atoms with van der Waals surface area (Å²) in [4.78, 5) is 105. The predicted molar refractivity (Wildman–Crippen MR) is 274 cm³/mol. The largest absolute Gasteiger partial charge is 0.465 e. The fourth-order valence-electron chi connectivity index (χ4n) is 13.9. The molecule has 6 aliphatic carbocycles. The molecule has 0 N–H and O–H groups in total. The normalized spacial score (nSPS) is 38.4. The van der Waals surface area contributed by atoms with E-state index in [9.17, 15) is 60.0 Å². The fourth-order valence-corrected chi connectivity index (χ4v) is 17.4. The molecule has 25 nitrogen and oxygen atoms in total. The van der Waals surface area contributed by atoms with E-state index in [1.807, 2.05) is 0 Å². The number of hydrogen-bond donors (Lipinski definition) is 0. The smallest absolute Gasteiger partial charge is 0.347 e. The van der Waals surface area contributed by atoms with Gasteiger partial charge >= 0.3 is 53.7 Å². The van der Waals surface area contributed by atoms with Crippen molar-refractivity contribution >= 4 is 74.0 Å². The van der Waals surface area contributed by atoms with Crippen LogP contribution in [0.25, 0.3) is 0 Å². The third kappa shape index (κ3) is 12.3. The number of hydrogen-bond acceptors (Lipinski definition) is 25. The van der Waals surface area contributed by atoms with Gasteiger partial charge in [-0.2, -0.15) is 16.8 Å². The molecule has 7 heterocycles. The minimum absolute atomic E-state index is 0.00733. The van der Waals surface area contributed by atoms with Crippen LogP contribution in [0, 0.1) is 53.3 Å². The van der Waals surface area contributed by atoms with Gasteiger partial charge in [0.25, 0.3) is 20.2 Å². The third-order valence-corrected chi connectivity index (χ3v) is 21.0. The monoisotopic (exact) mass is 1190 g/mol. The van der Waals surface area contributed by atoms with E-state index >= 15 is 0 Å². The van der Waals surface area contributed by atoms with Gasteiger partial charge in [0.1, 0.15) is 48.0 Å². The summed E-state index contributed by atoms with van der Waals surface area (Å²) in [5, 5.41) is -1.06. The van der Waals surface area contributed by atoms with E-state index in [0.717, 1.165) is 44.9 Å². The molecule has 450 valence electrons. The summed E-state index contributed by atoms with van der Waals surface area (Å²) in [5.74, 6) is -3.37. The molecule has 27 heteroatoms. The van der Waals surface area contributed by atoms with Crippen molar-refractivity contribution in [3.63, 3.8) is 0 Å². The first-order valence-corrected chi connectivity index (χ1v) is 30.3. The Hall–Kier alpha value is -6.03. The van der Waals surface area contributed by atoms with Crippen LogP contribution in [0.15, 0.2) is 48.6 Å². The van der Waals surface area contributed by atoms with E-state index in [1.165, 1.54) is 27.7 Å². The van der Waals surface area contributed by atoms with Crippen molar-refractivity contribution < 1.29 is 116 Å². The van der Waals surface area contributed by atoms with Gasteiger partial charge in [0.05, 0.1) is 29.8 Å². The number of fused-ring (bicyclic) bond motifs is 8. The summed E-state index contributed by atoms with van der Waals surface area (Å²) in [6.07, 6.45) is 0.794. The molecule has 0 aromatic rings. The number of carbonyl (C=O) groups is 9. The molecular formula is C55H68O25S2. The van der Waals surface area contributed by atoms with Crippen LogP contribution in [-0.4, -0.2) is 162 Å². The highest BCUT2D eigenvalue weighted by molar-refractivity contribution is 7.88. The molecule has 21 unspecified atom stereocenters. The molecule has 6 saturated carbocycles. The maximum atomic E-state index is 12.0. The SMILES string of the molecule is C=C(C)C(=O)OC(C)C(=O)OC1C2CC3C(O2)C1OS3(=O)=O.C=C(C)C(=O)OC1C2CC3C1OS(=O)(=O)C3C2.C=C(C)C(=O)OCC(=O)OC1C2CC3CC(C2)C(=O)OC1C3.C=C(C)C(=O)OCC(=O)OC1CC2CC1C1C(=O)OCC21. The van der Waals surface area contributed by atoms with Crippen LogP contribution >= 0.6 is 0 Å². The number of esters is 9. The Bertz CT molecular complexity index is 2950. The lowest BCUT2D eigenvalue weighted by atomic mass is 9.67. The van der Waals surface area contributed by atoms with Gasteiger partial charge in [-0.05, 0) is 104 Å². The van der Waals surface area contributed by atoms with E-state index in [0.29, 0.717) is 36.4 Å². The lowest BCUT2D eigenvalue weighted by Crippen LogP contribution is -2.45. The summed E-state index contributed by atoms with van der Waals surface area (Å²) in [5.41, 5.74) is 0.952. The Balaban J connectivity index is 0.000000132. The van der Waals surface area contributed by atoms with Crippen molar-refractivity contribution in [1.29, 1.82) is 0 Å². The molecule has 21 atom stereocenters. The van der Waals surface area contributed by atoms with E-state index in [2.05, 4.69) is 26.3 Å². The predicted octanol–water partition coefficient (Wildman–Crippen LogP) is 2.51. The Morgan fingerprint density at radius 3 is 1.79 bits per heavy atom. The Kier molecular flexibility index (Phi) is 17.4.